The molecule has 2 aromatic carbocycles. The molecule has 15 heteroatoms. The van der Waals surface area contributed by atoms with E-state index in [1.54, 1.807) is 6.07 Å². The molecule has 2 aliphatic rings. The Morgan fingerprint density at radius 3 is 2.54 bits per heavy atom. The molecule has 0 radical (unpaired) electrons. The first kappa shape index (κ1) is 28.6. The van der Waals surface area contributed by atoms with Gasteiger partial charge in [-0.2, -0.15) is 9.40 Å². The van der Waals surface area contributed by atoms with Crippen molar-refractivity contribution in [3.05, 3.63) is 75.0 Å². The molecule has 41 heavy (non-hydrogen) atoms. The number of halogens is 2. The van der Waals surface area contributed by atoms with Gasteiger partial charge in [-0.1, -0.05) is 0 Å². The Hall–Kier alpha value is -3.95. The zero-order valence-electron chi connectivity index (χ0n) is 22.3. The molecule has 12 nitrogen and oxygen atoms in total. The minimum absolute atomic E-state index is 0.0106. The van der Waals surface area contributed by atoms with Crippen LogP contribution in [0.3, 0.4) is 0 Å². The first-order chi connectivity index (χ1) is 19.5. The number of benzene rings is 2. The van der Waals surface area contributed by atoms with Crippen LogP contribution in [0.5, 0.6) is 0 Å². The van der Waals surface area contributed by atoms with Crippen LogP contribution in [0.15, 0.2) is 41.3 Å². The highest BCUT2D eigenvalue weighted by Crippen LogP contribution is 2.31. The van der Waals surface area contributed by atoms with Gasteiger partial charge in [0.2, 0.25) is 10.0 Å². The maximum Gasteiger partial charge on any atom is 0.284 e. The number of likely N-dealkylation sites (tertiary alicyclic amines) is 1. The molecule has 3 aromatic rings. The largest absolute Gasteiger partial charge is 0.373 e. The summed E-state index contributed by atoms with van der Waals surface area (Å²) >= 11 is 0. The maximum atomic E-state index is 13.7. The summed E-state index contributed by atoms with van der Waals surface area (Å²) in [6.45, 7) is 3.36. The second-order valence-electron chi connectivity index (χ2n) is 10.1. The maximum absolute atomic E-state index is 13.7. The van der Waals surface area contributed by atoms with Crippen molar-refractivity contribution in [2.45, 2.75) is 30.7 Å². The van der Waals surface area contributed by atoms with E-state index in [9.17, 15) is 32.1 Å². The number of sulfonamides is 1. The molecule has 3 heterocycles. The molecule has 0 unspecified atom stereocenters. The lowest BCUT2D eigenvalue weighted by Gasteiger charge is -2.26. The van der Waals surface area contributed by atoms with Gasteiger partial charge in [0.15, 0.2) is 5.82 Å². The van der Waals surface area contributed by atoms with Gasteiger partial charge in [-0.3, -0.25) is 20.0 Å². The standard InChI is InChI=1S/C26H29F2N7O5S/c1-32(10-11-33-7-2-3-8-33)19-4-5-21(24(15-19)35(37)38)26(36)29-25-22-16-34(9-6-23(22)30-31-25)41(39,40)20-13-17(27)12-18(28)14-20/h4-5,12-15H,2-3,6-11,16H2,1H3,(H2,29,30,31,36). The molecule has 0 spiro atoms. The summed E-state index contributed by atoms with van der Waals surface area (Å²) in [5, 5.41) is 21.3. The molecule has 0 atom stereocenters. The van der Waals surface area contributed by atoms with E-state index in [0.717, 1.165) is 36.1 Å². The predicted molar refractivity (Wildman–Crippen MR) is 146 cm³/mol. The smallest absolute Gasteiger partial charge is 0.284 e. The van der Waals surface area contributed by atoms with Gasteiger partial charge in [-0.25, -0.2) is 17.2 Å². The Kier molecular flexibility index (Phi) is 8.02. The van der Waals surface area contributed by atoms with Gasteiger partial charge in [0.05, 0.1) is 9.82 Å². The van der Waals surface area contributed by atoms with Crippen LogP contribution in [-0.2, 0) is 23.0 Å². The van der Waals surface area contributed by atoms with Crippen LogP contribution in [0.25, 0.3) is 0 Å². The zero-order valence-corrected chi connectivity index (χ0v) is 23.1. The van der Waals surface area contributed by atoms with Gasteiger partial charge in [-0.15, -0.1) is 0 Å². The van der Waals surface area contributed by atoms with Crippen molar-refractivity contribution in [2.24, 2.45) is 0 Å². The number of nitrogens with zero attached hydrogens (tertiary/aromatic N) is 5. The van der Waals surface area contributed by atoms with Crippen LogP contribution in [0, 0.1) is 21.7 Å². The molecule has 0 bridgehead atoms. The lowest BCUT2D eigenvalue weighted by molar-refractivity contribution is -0.385. The molecule has 1 saturated heterocycles. The van der Waals surface area contributed by atoms with Crippen molar-refractivity contribution in [1.29, 1.82) is 0 Å². The number of hydrogen-bond acceptors (Lipinski definition) is 8. The van der Waals surface area contributed by atoms with Gasteiger partial charge in [0.1, 0.15) is 17.2 Å². The van der Waals surface area contributed by atoms with Crippen molar-refractivity contribution in [3.63, 3.8) is 0 Å². The molecule has 0 saturated carbocycles. The van der Waals surface area contributed by atoms with E-state index >= 15 is 0 Å². The van der Waals surface area contributed by atoms with E-state index in [4.69, 9.17) is 0 Å². The Morgan fingerprint density at radius 1 is 1.15 bits per heavy atom. The molecular weight excluding hydrogens is 560 g/mol. The molecule has 218 valence electrons. The molecule has 5 rings (SSSR count). The number of rotatable bonds is 9. The van der Waals surface area contributed by atoms with Gasteiger partial charge in [0.25, 0.3) is 11.6 Å². The zero-order chi connectivity index (χ0) is 29.3. The summed E-state index contributed by atoms with van der Waals surface area (Å²) in [6, 6.07) is 6.42. The number of fused-ring (bicyclic) bond motifs is 1. The van der Waals surface area contributed by atoms with Crippen LogP contribution in [0.4, 0.5) is 26.0 Å². The topological polar surface area (TPSA) is 145 Å². The molecular formula is C26H29F2N7O5S. The number of aromatic nitrogens is 2. The quantitative estimate of drug-likeness (QED) is 0.286. The van der Waals surface area contributed by atoms with Gasteiger partial charge in [-0.05, 0) is 50.2 Å². The third-order valence-electron chi connectivity index (χ3n) is 7.42. The van der Waals surface area contributed by atoms with Crippen molar-refractivity contribution in [3.8, 4) is 0 Å². The Bertz CT molecular complexity index is 1570. The highest BCUT2D eigenvalue weighted by Gasteiger charge is 2.33. The number of hydrogen-bond donors (Lipinski definition) is 2. The summed E-state index contributed by atoms with van der Waals surface area (Å²) in [5.41, 5.74) is 0.959. The second kappa shape index (κ2) is 11.5. The fourth-order valence-corrected chi connectivity index (χ4v) is 6.56. The van der Waals surface area contributed by atoms with E-state index in [2.05, 4.69) is 20.4 Å². The minimum Gasteiger partial charge on any atom is -0.373 e. The molecule has 2 N–H and O–H groups in total. The Labute approximate surface area is 235 Å². The average Bonchev–Trinajstić information content (AvgIpc) is 3.60. The van der Waals surface area contributed by atoms with Crippen molar-refractivity contribution in [1.82, 2.24) is 19.4 Å². The highest BCUT2D eigenvalue weighted by atomic mass is 32.2. The number of anilines is 2. The lowest BCUT2D eigenvalue weighted by atomic mass is 10.1. The normalized spacial score (nSPS) is 16.0. The van der Waals surface area contributed by atoms with E-state index in [1.165, 1.54) is 25.0 Å². The van der Waals surface area contributed by atoms with Crippen LogP contribution in [0.1, 0.15) is 34.5 Å². The van der Waals surface area contributed by atoms with E-state index in [0.29, 0.717) is 29.6 Å². The van der Waals surface area contributed by atoms with Gasteiger partial charge < -0.3 is 15.1 Å². The third-order valence-corrected chi connectivity index (χ3v) is 9.24. The van der Waals surface area contributed by atoms with E-state index < -0.39 is 37.4 Å². The number of amides is 1. The number of nitrogens with one attached hydrogen (secondary N) is 2. The summed E-state index contributed by atoms with van der Waals surface area (Å²) in [7, 11) is -2.43. The second-order valence-corrected chi connectivity index (χ2v) is 12.0. The minimum atomic E-state index is -4.26. The molecule has 1 fully saturated rings. The number of carbonyl (C=O) groups excluding carboxylic acids is 1. The van der Waals surface area contributed by atoms with Crippen molar-refractivity contribution >= 4 is 33.1 Å². The van der Waals surface area contributed by atoms with Crippen LogP contribution >= 0.6 is 0 Å². The summed E-state index contributed by atoms with van der Waals surface area (Å²) in [5.74, 6) is -2.83. The lowest BCUT2D eigenvalue weighted by Crippen LogP contribution is -2.36. The van der Waals surface area contributed by atoms with Crippen molar-refractivity contribution < 1.29 is 26.9 Å². The number of H-pyrrole nitrogens is 1. The average molecular weight is 590 g/mol. The fourth-order valence-electron chi connectivity index (χ4n) is 5.11. The Balaban J connectivity index is 1.33. The SMILES string of the molecule is CN(CCN1CCCC1)c1ccc(C(=O)Nc2n[nH]c3c2CN(S(=O)(=O)c2cc(F)cc(F)c2)CC3)c([N+](=O)[O-])c1. The summed E-state index contributed by atoms with van der Waals surface area (Å²) in [4.78, 5) is 28.1. The van der Waals surface area contributed by atoms with Crippen LogP contribution in [-0.4, -0.2) is 78.4 Å². The predicted octanol–water partition coefficient (Wildman–Crippen LogP) is 3.13. The monoisotopic (exact) mass is 589 g/mol. The number of carbonyl (C=O) groups is 1. The van der Waals surface area contributed by atoms with Gasteiger partial charge in [0, 0.05) is 68.7 Å². The summed E-state index contributed by atoms with van der Waals surface area (Å²) in [6.07, 6.45) is 2.53. The Morgan fingerprint density at radius 2 is 1.85 bits per heavy atom. The molecule has 1 aromatic heterocycles. The van der Waals surface area contributed by atoms with Crippen molar-refractivity contribution in [2.75, 3.05) is 50.0 Å². The number of nitro benzene ring substituents is 1. The van der Waals surface area contributed by atoms with E-state index in [1.807, 2.05) is 11.9 Å². The fraction of sp³-hybridized carbons (Fsp3) is 0.385. The van der Waals surface area contributed by atoms with Crippen LogP contribution in [0.2, 0.25) is 0 Å². The third kappa shape index (κ3) is 6.06. The van der Waals surface area contributed by atoms with Crippen LogP contribution < -0.4 is 10.2 Å². The summed E-state index contributed by atoms with van der Waals surface area (Å²) < 4.78 is 54.6. The molecule has 0 aliphatic carbocycles. The molecule has 1 amide bonds. The number of aromatic amines is 1. The van der Waals surface area contributed by atoms with E-state index in [-0.39, 0.29) is 36.6 Å². The molecule has 2 aliphatic heterocycles. The number of likely N-dealkylation sites (N-methyl/N-ethyl adjacent to an activating group) is 1. The van der Waals surface area contributed by atoms with Gasteiger partial charge >= 0.3 is 0 Å². The first-order valence-corrected chi connectivity index (χ1v) is 14.5. The first-order valence-electron chi connectivity index (χ1n) is 13.1. The number of nitro groups is 1. The highest BCUT2D eigenvalue weighted by molar-refractivity contribution is 7.89.